The molecule has 0 spiro atoms. The van der Waals surface area contributed by atoms with Crippen molar-refractivity contribution in [1.82, 2.24) is 5.32 Å². The van der Waals surface area contributed by atoms with Crippen LogP contribution in [0, 0.1) is 11.7 Å². The number of hydrogen-bond acceptors (Lipinski definition) is 4. The highest BCUT2D eigenvalue weighted by Crippen LogP contribution is 2.36. The smallest absolute Gasteiger partial charge is 0.335 e. The largest absolute Gasteiger partial charge is 0.478 e. The lowest BCUT2D eigenvalue weighted by molar-refractivity contribution is 0.0696. The van der Waals surface area contributed by atoms with Gasteiger partial charge in [0.1, 0.15) is 5.82 Å². The quantitative estimate of drug-likeness (QED) is 0.304. The third-order valence-electron chi connectivity index (χ3n) is 7.18. The van der Waals surface area contributed by atoms with Crippen LogP contribution in [0.3, 0.4) is 0 Å². The number of carboxylic acid groups (broad SMARTS) is 1. The lowest BCUT2D eigenvalue weighted by atomic mass is 9.80. The van der Waals surface area contributed by atoms with Gasteiger partial charge in [-0.25, -0.2) is 9.18 Å². The van der Waals surface area contributed by atoms with Crippen molar-refractivity contribution in [3.63, 3.8) is 0 Å². The van der Waals surface area contributed by atoms with E-state index in [1.165, 1.54) is 27.3 Å². The van der Waals surface area contributed by atoms with Crippen LogP contribution in [-0.4, -0.2) is 30.7 Å². The number of nitrogens with one attached hydrogen (secondary N) is 1. The lowest BCUT2D eigenvalue weighted by Gasteiger charge is -2.41. The molecule has 5 rings (SSSR count). The molecule has 2 unspecified atom stereocenters. The molecule has 2 N–H and O–H groups in total. The van der Waals surface area contributed by atoms with Crippen molar-refractivity contribution in [3.05, 3.63) is 101 Å². The first-order chi connectivity index (χ1) is 17.0. The molecule has 1 saturated heterocycles. The highest BCUT2D eigenvalue weighted by molar-refractivity contribution is 7.17. The topological polar surface area (TPSA) is 52.6 Å². The molecule has 3 aromatic carbocycles. The van der Waals surface area contributed by atoms with Crippen LogP contribution in [0.4, 0.5) is 10.1 Å². The van der Waals surface area contributed by atoms with Crippen LogP contribution in [-0.2, 0) is 0 Å². The summed E-state index contributed by atoms with van der Waals surface area (Å²) in [7, 11) is 0. The van der Waals surface area contributed by atoms with Crippen molar-refractivity contribution >= 4 is 33.1 Å². The number of anilines is 1. The molecular weight excluding hydrogens is 459 g/mol. The average Bonchev–Trinajstić information content (AvgIpc) is 3.32. The molecule has 4 aromatic rings. The van der Waals surface area contributed by atoms with Gasteiger partial charge in [-0.2, -0.15) is 0 Å². The highest BCUT2D eigenvalue weighted by atomic mass is 32.1. The maximum absolute atomic E-state index is 14.8. The number of fused-ring (bicyclic) bond motifs is 1. The maximum Gasteiger partial charge on any atom is 0.335 e. The summed E-state index contributed by atoms with van der Waals surface area (Å²) >= 11 is 1.78. The van der Waals surface area contributed by atoms with Crippen LogP contribution >= 0.6 is 11.3 Å². The summed E-state index contributed by atoms with van der Waals surface area (Å²) in [5.41, 5.74) is 3.03. The van der Waals surface area contributed by atoms with Gasteiger partial charge in [0, 0.05) is 29.7 Å². The summed E-state index contributed by atoms with van der Waals surface area (Å²) in [5, 5.41) is 16.5. The molecule has 0 aliphatic carbocycles. The number of rotatable bonds is 7. The van der Waals surface area contributed by atoms with Crippen LogP contribution in [0.5, 0.6) is 0 Å². The first kappa shape index (κ1) is 23.5. The first-order valence-corrected chi connectivity index (χ1v) is 12.9. The summed E-state index contributed by atoms with van der Waals surface area (Å²) < 4.78 is 16.2. The van der Waals surface area contributed by atoms with E-state index in [0.717, 1.165) is 25.6 Å². The molecule has 1 aromatic heterocycles. The molecule has 0 saturated carbocycles. The Morgan fingerprint density at radius 2 is 1.91 bits per heavy atom. The second-order valence-corrected chi connectivity index (χ2v) is 10.2. The van der Waals surface area contributed by atoms with E-state index in [0.29, 0.717) is 18.2 Å². The Kier molecular flexibility index (Phi) is 6.84. The Morgan fingerprint density at radius 3 is 2.69 bits per heavy atom. The van der Waals surface area contributed by atoms with E-state index in [4.69, 9.17) is 0 Å². The van der Waals surface area contributed by atoms with Gasteiger partial charge in [0.05, 0.1) is 11.3 Å². The van der Waals surface area contributed by atoms with Gasteiger partial charge in [-0.05, 0) is 72.0 Å². The predicted molar refractivity (Wildman–Crippen MR) is 141 cm³/mol. The fourth-order valence-electron chi connectivity index (χ4n) is 5.21. The number of halogens is 1. The molecule has 0 radical (unpaired) electrons. The number of thiophene rings is 1. The van der Waals surface area contributed by atoms with Crippen molar-refractivity contribution in [2.24, 2.45) is 5.92 Å². The summed E-state index contributed by atoms with van der Waals surface area (Å²) in [6, 6.07) is 23.4. The molecule has 2 heterocycles. The SMILES string of the molecule is C[C@@H](NCC1CCN(c2ccc(C(=O)O)cc2F)CC1c1ccccc1)c1csc2ccccc12. The fourth-order valence-corrected chi connectivity index (χ4v) is 6.26. The molecule has 6 heteroatoms. The third-order valence-corrected chi connectivity index (χ3v) is 8.16. The van der Waals surface area contributed by atoms with E-state index in [2.05, 4.69) is 71.1 Å². The number of carboxylic acids is 1. The number of hydrogen-bond donors (Lipinski definition) is 2. The van der Waals surface area contributed by atoms with E-state index in [1.54, 1.807) is 17.4 Å². The van der Waals surface area contributed by atoms with E-state index in [-0.39, 0.29) is 17.5 Å². The predicted octanol–water partition coefficient (Wildman–Crippen LogP) is 6.70. The summed E-state index contributed by atoms with van der Waals surface area (Å²) in [5.74, 6) is -0.953. The Balaban J connectivity index is 1.34. The molecular formula is C29H29FN2O2S. The van der Waals surface area contributed by atoms with Crippen molar-refractivity contribution in [2.75, 3.05) is 24.5 Å². The maximum atomic E-state index is 14.8. The van der Waals surface area contributed by atoms with Gasteiger partial charge in [-0.3, -0.25) is 0 Å². The third kappa shape index (κ3) is 4.95. The number of aromatic carboxylic acids is 1. The molecule has 180 valence electrons. The Hall–Kier alpha value is -3.22. The van der Waals surface area contributed by atoms with Gasteiger partial charge in [0.25, 0.3) is 0 Å². The molecule has 4 nitrogen and oxygen atoms in total. The van der Waals surface area contributed by atoms with Crippen LogP contribution in [0.25, 0.3) is 10.1 Å². The minimum Gasteiger partial charge on any atom is -0.478 e. The highest BCUT2D eigenvalue weighted by Gasteiger charge is 2.32. The van der Waals surface area contributed by atoms with Crippen LogP contribution < -0.4 is 10.2 Å². The van der Waals surface area contributed by atoms with Gasteiger partial charge in [-0.15, -0.1) is 11.3 Å². The molecule has 3 atom stereocenters. The number of carbonyl (C=O) groups is 1. The molecule has 0 bridgehead atoms. The van der Waals surface area contributed by atoms with E-state index < -0.39 is 11.8 Å². The zero-order valence-corrected chi connectivity index (χ0v) is 20.5. The molecule has 1 aliphatic rings. The second kappa shape index (κ2) is 10.2. The Labute approximate surface area is 209 Å². The van der Waals surface area contributed by atoms with E-state index in [9.17, 15) is 14.3 Å². The van der Waals surface area contributed by atoms with Crippen molar-refractivity contribution < 1.29 is 14.3 Å². The van der Waals surface area contributed by atoms with E-state index >= 15 is 0 Å². The van der Waals surface area contributed by atoms with Gasteiger partial charge >= 0.3 is 5.97 Å². The van der Waals surface area contributed by atoms with Gasteiger partial charge < -0.3 is 15.3 Å². The Bertz CT molecular complexity index is 1320. The zero-order valence-electron chi connectivity index (χ0n) is 19.7. The molecule has 1 fully saturated rings. The van der Waals surface area contributed by atoms with E-state index in [1.807, 2.05) is 6.07 Å². The minimum atomic E-state index is -1.12. The average molecular weight is 489 g/mol. The number of benzene rings is 3. The monoisotopic (exact) mass is 488 g/mol. The minimum absolute atomic E-state index is 0.0279. The molecule has 1 aliphatic heterocycles. The summed E-state index contributed by atoms with van der Waals surface area (Å²) in [6.45, 7) is 4.52. The molecule has 0 amide bonds. The van der Waals surface area contributed by atoms with Crippen LogP contribution in [0.15, 0.2) is 78.2 Å². The van der Waals surface area contributed by atoms with Crippen molar-refractivity contribution in [1.29, 1.82) is 0 Å². The lowest BCUT2D eigenvalue weighted by Crippen LogP contribution is -2.43. The van der Waals surface area contributed by atoms with Crippen LogP contribution in [0.1, 0.15) is 46.8 Å². The number of piperidine rings is 1. The van der Waals surface area contributed by atoms with Crippen LogP contribution in [0.2, 0.25) is 0 Å². The van der Waals surface area contributed by atoms with Gasteiger partial charge in [0.15, 0.2) is 0 Å². The van der Waals surface area contributed by atoms with Crippen molar-refractivity contribution in [2.45, 2.75) is 25.3 Å². The summed E-state index contributed by atoms with van der Waals surface area (Å²) in [4.78, 5) is 13.3. The van der Waals surface area contributed by atoms with Crippen molar-refractivity contribution in [3.8, 4) is 0 Å². The van der Waals surface area contributed by atoms with Gasteiger partial charge in [0.2, 0.25) is 0 Å². The zero-order chi connectivity index (χ0) is 24.4. The standard InChI is InChI=1S/C29H29FN2O2S/c1-19(25-18-35-28-10-6-5-9-23(25)28)31-16-22-13-14-32(17-24(22)20-7-3-2-4-8-20)27-12-11-21(29(33)34)15-26(27)30/h2-12,15,18-19,22,24,31H,13-14,16-17H2,1H3,(H,33,34)/t19-,22?,24?/m1/s1. The number of nitrogens with zero attached hydrogens (tertiary/aromatic N) is 1. The molecule has 35 heavy (non-hydrogen) atoms. The van der Waals surface area contributed by atoms with Gasteiger partial charge in [-0.1, -0.05) is 48.5 Å². The second-order valence-electron chi connectivity index (χ2n) is 9.30. The fraction of sp³-hybridized carbons (Fsp3) is 0.276. The summed E-state index contributed by atoms with van der Waals surface area (Å²) in [6.07, 6.45) is 0.920. The Morgan fingerprint density at radius 1 is 1.14 bits per heavy atom. The first-order valence-electron chi connectivity index (χ1n) is 12.0. The normalized spacial score (nSPS) is 19.1.